The van der Waals surface area contributed by atoms with Gasteiger partial charge in [-0.05, 0) is 31.2 Å². The molecule has 21 heavy (non-hydrogen) atoms. The Morgan fingerprint density at radius 3 is 2.71 bits per heavy atom. The Bertz CT molecular complexity index is 521. The largest absolute Gasteiger partial charge is 0.481 e. The maximum Gasteiger partial charge on any atom is 0.304 e. The summed E-state index contributed by atoms with van der Waals surface area (Å²) in [5.74, 6) is -1.40. The standard InChI is InChI=1S/C15H19FN2O3/c16-13-4-1-3-12(11-13)15(21)18-7-2-6-17(9-10-18)8-5-14(19)20/h1,3-4,11H,2,5-10H2,(H,19,20). The summed E-state index contributed by atoms with van der Waals surface area (Å²) in [5.41, 5.74) is 0.356. The zero-order valence-corrected chi connectivity index (χ0v) is 11.8. The van der Waals surface area contributed by atoms with Crippen molar-refractivity contribution in [2.45, 2.75) is 12.8 Å². The van der Waals surface area contributed by atoms with Crippen molar-refractivity contribution >= 4 is 11.9 Å². The molecule has 0 saturated carbocycles. The first kappa shape index (κ1) is 15.4. The Hall–Kier alpha value is -1.95. The molecule has 6 heteroatoms. The van der Waals surface area contributed by atoms with Crippen LogP contribution in [-0.2, 0) is 4.79 Å². The predicted molar refractivity (Wildman–Crippen MR) is 75.6 cm³/mol. The topological polar surface area (TPSA) is 60.9 Å². The van der Waals surface area contributed by atoms with Crippen LogP contribution in [0.15, 0.2) is 24.3 Å². The third kappa shape index (κ3) is 4.53. The number of carbonyl (C=O) groups is 2. The van der Waals surface area contributed by atoms with Crippen molar-refractivity contribution in [3.63, 3.8) is 0 Å². The average Bonchev–Trinajstić information content (AvgIpc) is 2.70. The van der Waals surface area contributed by atoms with E-state index in [0.717, 1.165) is 13.0 Å². The maximum atomic E-state index is 13.2. The molecule has 1 N–H and O–H groups in total. The fraction of sp³-hybridized carbons (Fsp3) is 0.467. The molecule has 0 radical (unpaired) electrons. The number of carboxylic acid groups (broad SMARTS) is 1. The van der Waals surface area contributed by atoms with Gasteiger partial charge in [-0.1, -0.05) is 6.07 Å². The number of carbonyl (C=O) groups excluding carboxylic acids is 1. The van der Waals surface area contributed by atoms with E-state index in [2.05, 4.69) is 0 Å². The van der Waals surface area contributed by atoms with Gasteiger partial charge < -0.3 is 14.9 Å². The van der Waals surface area contributed by atoms with E-state index in [1.54, 1.807) is 11.0 Å². The fourth-order valence-electron chi connectivity index (χ4n) is 2.46. The smallest absolute Gasteiger partial charge is 0.304 e. The van der Waals surface area contributed by atoms with Crippen molar-refractivity contribution in [1.29, 1.82) is 0 Å². The summed E-state index contributed by atoms with van der Waals surface area (Å²) in [7, 11) is 0. The molecule has 1 amide bonds. The summed E-state index contributed by atoms with van der Waals surface area (Å²) in [4.78, 5) is 26.7. The van der Waals surface area contributed by atoms with Crippen molar-refractivity contribution in [1.82, 2.24) is 9.80 Å². The lowest BCUT2D eigenvalue weighted by Crippen LogP contribution is -2.35. The third-order valence-electron chi connectivity index (χ3n) is 3.59. The molecule has 5 nitrogen and oxygen atoms in total. The fourth-order valence-corrected chi connectivity index (χ4v) is 2.46. The van der Waals surface area contributed by atoms with Crippen LogP contribution in [0.3, 0.4) is 0 Å². The van der Waals surface area contributed by atoms with E-state index in [1.807, 2.05) is 4.90 Å². The van der Waals surface area contributed by atoms with Crippen LogP contribution in [0.5, 0.6) is 0 Å². The normalized spacial score (nSPS) is 16.5. The van der Waals surface area contributed by atoms with Crippen LogP contribution >= 0.6 is 0 Å². The van der Waals surface area contributed by atoms with Crippen LogP contribution in [0, 0.1) is 5.82 Å². The molecular weight excluding hydrogens is 275 g/mol. The van der Waals surface area contributed by atoms with Gasteiger partial charge in [-0.25, -0.2) is 4.39 Å². The average molecular weight is 294 g/mol. The SMILES string of the molecule is O=C(O)CCN1CCCN(C(=O)c2cccc(F)c2)CC1. The number of hydrogen-bond donors (Lipinski definition) is 1. The van der Waals surface area contributed by atoms with Gasteiger partial charge in [0, 0.05) is 31.7 Å². The van der Waals surface area contributed by atoms with Crippen molar-refractivity contribution in [2.75, 3.05) is 32.7 Å². The molecule has 0 bridgehead atoms. The molecule has 1 fully saturated rings. The highest BCUT2D eigenvalue weighted by atomic mass is 19.1. The molecule has 0 aromatic heterocycles. The first-order valence-electron chi connectivity index (χ1n) is 7.05. The van der Waals surface area contributed by atoms with Crippen LogP contribution in [0.4, 0.5) is 4.39 Å². The highest BCUT2D eigenvalue weighted by Crippen LogP contribution is 2.11. The van der Waals surface area contributed by atoms with Crippen molar-refractivity contribution in [3.8, 4) is 0 Å². The minimum atomic E-state index is -0.813. The molecular formula is C15H19FN2O3. The van der Waals surface area contributed by atoms with Gasteiger partial charge in [0.2, 0.25) is 0 Å². The van der Waals surface area contributed by atoms with Gasteiger partial charge >= 0.3 is 5.97 Å². The molecule has 1 saturated heterocycles. The lowest BCUT2D eigenvalue weighted by Gasteiger charge is -2.21. The molecule has 0 spiro atoms. The lowest BCUT2D eigenvalue weighted by atomic mass is 10.2. The van der Waals surface area contributed by atoms with Crippen molar-refractivity contribution in [2.24, 2.45) is 0 Å². The molecule has 2 rings (SSSR count). The van der Waals surface area contributed by atoms with E-state index in [0.29, 0.717) is 31.7 Å². The highest BCUT2D eigenvalue weighted by molar-refractivity contribution is 5.94. The van der Waals surface area contributed by atoms with E-state index in [4.69, 9.17) is 5.11 Å². The molecule has 1 aliphatic heterocycles. The number of aliphatic carboxylic acids is 1. The number of halogens is 1. The zero-order chi connectivity index (χ0) is 15.2. The predicted octanol–water partition coefficient (Wildman–Crippen LogP) is 1.45. The second kappa shape index (κ2) is 7.17. The Labute approximate surface area is 123 Å². The van der Waals surface area contributed by atoms with Crippen LogP contribution < -0.4 is 0 Å². The first-order chi connectivity index (χ1) is 10.1. The monoisotopic (exact) mass is 294 g/mol. The Morgan fingerprint density at radius 2 is 2.00 bits per heavy atom. The van der Waals surface area contributed by atoms with Crippen LogP contribution in [0.2, 0.25) is 0 Å². The molecule has 1 heterocycles. The van der Waals surface area contributed by atoms with Crippen LogP contribution in [0.25, 0.3) is 0 Å². The summed E-state index contributed by atoms with van der Waals surface area (Å²) in [6.45, 7) is 3.07. The molecule has 1 aromatic rings. The molecule has 114 valence electrons. The number of benzene rings is 1. The van der Waals surface area contributed by atoms with Crippen LogP contribution in [0.1, 0.15) is 23.2 Å². The number of rotatable bonds is 4. The number of carboxylic acids is 1. The van der Waals surface area contributed by atoms with Crippen molar-refractivity contribution in [3.05, 3.63) is 35.6 Å². The molecule has 1 aliphatic rings. The third-order valence-corrected chi connectivity index (χ3v) is 3.59. The van der Waals surface area contributed by atoms with Gasteiger partial charge in [-0.15, -0.1) is 0 Å². The summed E-state index contributed by atoms with van der Waals surface area (Å²) in [6, 6.07) is 5.69. The summed E-state index contributed by atoms with van der Waals surface area (Å²) in [5, 5.41) is 8.70. The molecule has 1 aromatic carbocycles. The lowest BCUT2D eigenvalue weighted by molar-refractivity contribution is -0.137. The highest BCUT2D eigenvalue weighted by Gasteiger charge is 2.20. The van der Waals surface area contributed by atoms with Gasteiger partial charge in [-0.3, -0.25) is 9.59 Å². The van der Waals surface area contributed by atoms with E-state index in [-0.39, 0.29) is 12.3 Å². The van der Waals surface area contributed by atoms with Crippen molar-refractivity contribution < 1.29 is 19.1 Å². The van der Waals surface area contributed by atoms with E-state index in [1.165, 1.54) is 18.2 Å². The summed E-state index contributed by atoms with van der Waals surface area (Å²) >= 11 is 0. The van der Waals surface area contributed by atoms with Gasteiger partial charge in [0.05, 0.1) is 6.42 Å². The minimum Gasteiger partial charge on any atom is -0.481 e. The summed E-state index contributed by atoms with van der Waals surface area (Å²) < 4.78 is 13.2. The second-order valence-corrected chi connectivity index (χ2v) is 5.14. The second-order valence-electron chi connectivity index (χ2n) is 5.14. The quantitative estimate of drug-likeness (QED) is 0.913. The van der Waals surface area contributed by atoms with Crippen LogP contribution in [-0.4, -0.2) is 59.5 Å². The minimum absolute atomic E-state index is 0.109. The summed E-state index contributed by atoms with van der Waals surface area (Å²) in [6.07, 6.45) is 0.901. The van der Waals surface area contributed by atoms with Gasteiger partial charge in [-0.2, -0.15) is 0 Å². The first-order valence-corrected chi connectivity index (χ1v) is 7.05. The molecule has 0 unspecified atom stereocenters. The van der Waals surface area contributed by atoms with E-state index >= 15 is 0 Å². The van der Waals surface area contributed by atoms with E-state index in [9.17, 15) is 14.0 Å². The zero-order valence-electron chi connectivity index (χ0n) is 11.8. The molecule has 0 atom stereocenters. The molecule has 0 aliphatic carbocycles. The van der Waals surface area contributed by atoms with Gasteiger partial charge in [0.1, 0.15) is 5.82 Å². The van der Waals surface area contributed by atoms with Gasteiger partial charge in [0.15, 0.2) is 0 Å². The van der Waals surface area contributed by atoms with E-state index < -0.39 is 11.8 Å². The Kier molecular flexibility index (Phi) is 5.27. The van der Waals surface area contributed by atoms with Gasteiger partial charge in [0.25, 0.3) is 5.91 Å². The number of hydrogen-bond acceptors (Lipinski definition) is 3. The number of amides is 1. The maximum absolute atomic E-state index is 13.2. The Morgan fingerprint density at radius 1 is 1.19 bits per heavy atom. The Balaban J connectivity index is 1.93. The number of nitrogens with zero attached hydrogens (tertiary/aromatic N) is 2.